The number of anilines is 3. The smallest absolute Gasteiger partial charge is 0.274 e. The van der Waals surface area contributed by atoms with Gasteiger partial charge in [-0.3, -0.25) is 14.8 Å². The number of pyridine rings is 2. The van der Waals surface area contributed by atoms with Crippen LogP contribution in [0, 0.1) is 0 Å². The molecule has 0 spiro atoms. The Hall–Kier alpha value is -3.21. The van der Waals surface area contributed by atoms with E-state index >= 15 is 0 Å². The van der Waals surface area contributed by atoms with Crippen molar-refractivity contribution in [1.29, 1.82) is 0 Å². The van der Waals surface area contributed by atoms with Gasteiger partial charge in [-0.15, -0.1) is 0 Å². The van der Waals surface area contributed by atoms with Crippen LogP contribution in [0.4, 0.5) is 17.1 Å². The standard InChI is InChI=1S/C17H14N4O/c22-17(16-3-1-2-10-19-16)21-14-6-4-13(5-7-14)20-15-8-11-18-12-9-15/h1-12H,(H,18,20)(H,21,22). The van der Waals surface area contributed by atoms with E-state index in [1.54, 1.807) is 36.8 Å². The van der Waals surface area contributed by atoms with Gasteiger partial charge in [-0.1, -0.05) is 6.07 Å². The number of nitrogens with one attached hydrogen (secondary N) is 2. The van der Waals surface area contributed by atoms with Crippen molar-refractivity contribution in [3.63, 3.8) is 0 Å². The van der Waals surface area contributed by atoms with E-state index < -0.39 is 0 Å². The number of amides is 1. The molecule has 0 saturated heterocycles. The van der Waals surface area contributed by atoms with E-state index in [1.807, 2.05) is 36.4 Å². The SMILES string of the molecule is O=C(Nc1ccc(Nc2ccncc2)cc1)c1ccccn1. The van der Waals surface area contributed by atoms with E-state index in [4.69, 9.17) is 0 Å². The zero-order chi connectivity index (χ0) is 15.2. The number of hydrogen-bond donors (Lipinski definition) is 2. The molecular formula is C17H14N4O. The Labute approximate surface area is 128 Å². The highest BCUT2D eigenvalue weighted by atomic mass is 16.1. The van der Waals surface area contributed by atoms with Crippen molar-refractivity contribution in [2.45, 2.75) is 0 Å². The van der Waals surface area contributed by atoms with Crippen LogP contribution >= 0.6 is 0 Å². The van der Waals surface area contributed by atoms with Gasteiger partial charge in [-0.05, 0) is 48.5 Å². The minimum atomic E-state index is -0.226. The van der Waals surface area contributed by atoms with Gasteiger partial charge in [0.1, 0.15) is 5.69 Å². The normalized spacial score (nSPS) is 10.0. The van der Waals surface area contributed by atoms with Crippen LogP contribution in [0.3, 0.4) is 0 Å². The van der Waals surface area contributed by atoms with Crippen LogP contribution in [0.1, 0.15) is 10.5 Å². The zero-order valence-corrected chi connectivity index (χ0v) is 11.7. The van der Waals surface area contributed by atoms with Crippen molar-refractivity contribution >= 4 is 23.0 Å². The van der Waals surface area contributed by atoms with Crippen LogP contribution in [0.2, 0.25) is 0 Å². The molecule has 0 aliphatic rings. The molecule has 5 heteroatoms. The molecule has 0 fully saturated rings. The van der Waals surface area contributed by atoms with Crippen molar-refractivity contribution < 1.29 is 4.79 Å². The molecule has 1 amide bonds. The number of aromatic nitrogens is 2. The molecule has 3 rings (SSSR count). The Balaban J connectivity index is 1.66. The Morgan fingerprint density at radius 1 is 0.773 bits per heavy atom. The van der Waals surface area contributed by atoms with Crippen molar-refractivity contribution in [3.05, 3.63) is 78.9 Å². The molecule has 108 valence electrons. The second-order valence-corrected chi connectivity index (χ2v) is 4.61. The van der Waals surface area contributed by atoms with Gasteiger partial charge in [0, 0.05) is 35.7 Å². The van der Waals surface area contributed by atoms with Crippen LogP contribution in [0.15, 0.2) is 73.2 Å². The van der Waals surface area contributed by atoms with Gasteiger partial charge in [0.25, 0.3) is 5.91 Å². The van der Waals surface area contributed by atoms with Gasteiger partial charge >= 0.3 is 0 Å². The molecule has 5 nitrogen and oxygen atoms in total. The highest BCUT2D eigenvalue weighted by Gasteiger charge is 2.06. The van der Waals surface area contributed by atoms with E-state index in [0.29, 0.717) is 5.69 Å². The summed E-state index contributed by atoms with van der Waals surface area (Å²) < 4.78 is 0. The van der Waals surface area contributed by atoms with Crippen LogP contribution in [-0.2, 0) is 0 Å². The predicted molar refractivity (Wildman–Crippen MR) is 86.2 cm³/mol. The van der Waals surface area contributed by atoms with Gasteiger partial charge in [0.2, 0.25) is 0 Å². The van der Waals surface area contributed by atoms with Crippen LogP contribution in [0.5, 0.6) is 0 Å². The van der Waals surface area contributed by atoms with Crippen molar-refractivity contribution in [2.24, 2.45) is 0 Å². The summed E-state index contributed by atoms with van der Waals surface area (Å²) in [5, 5.41) is 6.06. The lowest BCUT2D eigenvalue weighted by atomic mass is 10.2. The van der Waals surface area contributed by atoms with E-state index in [0.717, 1.165) is 17.1 Å². The number of rotatable bonds is 4. The zero-order valence-electron chi connectivity index (χ0n) is 11.7. The summed E-state index contributed by atoms with van der Waals surface area (Å²) in [7, 11) is 0. The summed E-state index contributed by atoms with van der Waals surface area (Å²) in [6.45, 7) is 0. The van der Waals surface area contributed by atoms with E-state index in [1.165, 1.54) is 0 Å². The molecule has 1 aromatic carbocycles. The average Bonchev–Trinajstić information content (AvgIpc) is 2.58. The lowest BCUT2D eigenvalue weighted by molar-refractivity contribution is 0.102. The minimum Gasteiger partial charge on any atom is -0.355 e. The Morgan fingerprint density at radius 2 is 1.45 bits per heavy atom. The molecule has 2 N–H and O–H groups in total. The predicted octanol–water partition coefficient (Wildman–Crippen LogP) is 3.47. The molecule has 0 saturated carbocycles. The van der Waals surface area contributed by atoms with Gasteiger partial charge in [-0.25, -0.2) is 0 Å². The quantitative estimate of drug-likeness (QED) is 0.772. The highest BCUT2D eigenvalue weighted by Crippen LogP contribution is 2.18. The molecule has 0 atom stereocenters. The summed E-state index contributed by atoms with van der Waals surface area (Å²) in [5.74, 6) is -0.226. The first-order chi connectivity index (χ1) is 10.8. The van der Waals surface area contributed by atoms with E-state index in [2.05, 4.69) is 20.6 Å². The fourth-order valence-electron chi connectivity index (χ4n) is 1.93. The molecule has 3 aromatic rings. The number of carbonyl (C=O) groups excluding carboxylic acids is 1. The second-order valence-electron chi connectivity index (χ2n) is 4.61. The fourth-order valence-corrected chi connectivity index (χ4v) is 1.93. The molecule has 0 aliphatic carbocycles. The molecule has 0 radical (unpaired) electrons. The maximum Gasteiger partial charge on any atom is 0.274 e. The summed E-state index contributed by atoms with van der Waals surface area (Å²) in [6, 6.07) is 16.5. The number of carbonyl (C=O) groups is 1. The summed E-state index contributed by atoms with van der Waals surface area (Å²) in [6.07, 6.45) is 5.05. The van der Waals surface area contributed by atoms with Crippen molar-refractivity contribution in [3.8, 4) is 0 Å². The van der Waals surface area contributed by atoms with Gasteiger partial charge in [0.05, 0.1) is 0 Å². The van der Waals surface area contributed by atoms with Crippen LogP contribution < -0.4 is 10.6 Å². The lowest BCUT2D eigenvalue weighted by Gasteiger charge is -2.08. The van der Waals surface area contributed by atoms with Gasteiger partial charge in [-0.2, -0.15) is 0 Å². The summed E-state index contributed by atoms with van der Waals surface area (Å²) in [5.41, 5.74) is 3.00. The third kappa shape index (κ3) is 3.46. The van der Waals surface area contributed by atoms with Crippen LogP contribution in [0.25, 0.3) is 0 Å². The first-order valence-corrected chi connectivity index (χ1v) is 6.81. The Morgan fingerprint density at radius 3 is 2.14 bits per heavy atom. The maximum atomic E-state index is 12.0. The first kappa shape index (κ1) is 13.8. The summed E-state index contributed by atoms with van der Waals surface area (Å²) in [4.78, 5) is 20.0. The van der Waals surface area contributed by atoms with E-state index in [-0.39, 0.29) is 5.91 Å². The summed E-state index contributed by atoms with van der Waals surface area (Å²) >= 11 is 0. The molecule has 22 heavy (non-hydrogen) atoms. The topological polar surface area (TPSA) is 66.9 Å². The monoisotopic (exact) mass is 290 g/mol. The highest BCUT2D eigenvalue weighted by molar-refractivity contribution is 6.02. The Bertz CT molecular complexity index is 743. The third-order valence-corrected chi connectivity index (χ3v) is 3.01. The lowest BCUT2D eigenvalue weighted by Crippen LogP contribution is -2.13. The van der Waals surface area contributed by atoms with Crippen molar-refractivity contribution in [1.82, 2.24) is 9.97 Å². The molecule has 0 unspecified atom stereocenters. The number of benzene rings is 1. The maximum absolute atomic E-state index is 12.0. The molecule has 2 heterocycles. The number of hydrogen-bond acceptors (Lipinski definition) is 4. The number of nitrogens with zero attached hydrogens (tertiary/aromatic N) is 2. The average molecular weight is 290 g/mol. The largest absolute Gasteiger partial charge is 0.355 e. The third-order valence-electron chi connectivity index (χ3n) is 3.01. The van der Waals surface area contributed by atoms with Gasteiger partial charge in [0.15, 0.2) is 0 Å². The minimum absolute atomic E-state index is 0.226. The Kier molecular flexibility index (Phi) is 4.06. The fraction of sp³-hybridized carbons (Fsp3) is 0. The molecule has 0 aliphatic heterocycles. The second kappa shape index (κ2) is 6.49. The first-order valence-electron chi connectivity index (χ1n) is 6.81. The molecular weight excluding hydrogens is 276 g/mol. The van der Waals surface area contributed by atoms with E-state index in [9.17, 15) is 4.79 Å². The van der Waals surface area contributed by atoms with Crippen LogP contribution in [-0.4, -0.2) is 15.9 Å². The van der Waals surface area contributed by atoms with Gasteiger partial charge < -0.3 is 10.6 Å². The molecule has 0 bridgehead atoms. The van der Waals surface area contributed by atoms with Crippen molar-refractivity contribution in [2.75, 3.05) is 10.6 Å². The molecule has 2 aromatic heterocycles.